The first-order valence-corrected chi connectivity index (χ1v) is 9.82. The van der Waals surface area contributed by atoms with Gasteiger partial charge in [0.25, 0.3) is 0 Å². The normalized spacial score (nSPS) is 17.9. The number of thioether (sulfide) groups is 1. The van der Waals surface area contributed by atoms with Crippen molar-refractivity contribution in [1.29, 1.82) is 0 Å². The van der Waals surface area contributed by atoms with Crippen molar-refractivity contribution < 1.29 is 4.39 Å². The summed E-state index contributed by atoms with van der Waals surface area (Å²) in [4.78, 5) is 0. The smallest absolute Gasteiger partial charge is 0.137 e. The molecule has 118 valence electrons. The molecule has 21 heavy (non-hydrogen) atoms. The van der Waals surface area contributed by atoms with Crippen molar-refractivity contribution in [2.24, 2.45) is 0 Å². The molecule has 2 rings (SSSR count). The molecule has 1 nitrogen and oxygen atoms in total. The number of hydrogen-bond acceptors (Lipinski definition) is 2. The van der Waals surface area contributed by atoms with E-state index in [9.17, 15) is 4.39 Å². The molecule has 0 aromatic heterocycles. The fraction of sp³-hybridized carbons (Fsp3) is 0.647. The van der Waals surface area contributed by atoms with Crippen LogP contribution in [0.15, 0.2) is 22.7 Å². The Morgan fingerprint density at radius 1 is 1.33 bits per heavy atom. The molecular weight excluding hydrogens is 349 g/mol. The molecule has 1 fully saturated rings. The van der Waals surface area contributed by atoms with Gasteiger partial charge in [0.1, 0.15) is 5.82 Å². The molecule has 0 saturated heterocycles. The Hall–Kier alpha value is -0.0600. The summed E-state index contributed by atoms with van der Waals surface area (Å²) >= 11 is 5.40. The quantitative estimate of drug-likeness (QED) is 0.706. The summed E-state index contributed by atoms with van der Waals surface area (Å²) in [7, 11) is 0. The average Bonchev–Trinajstić information content (AvgIpc) is 2.50. The van der Waals surface area contributed by atoms with Crippen LogP contribution in [0.4, 0.5) is 4.39 Å². The molecule has 1 unspecified atom stereocenters. The fourth-order valence-electron chi connectivity index (χ4n) is 2.91. The Balaban J connectivity index is 1.86. The topological polar surface area (TPSA) is 12.0 Å². The minimum atomic E-state index is -0.185. The molecule has 0 aliphatic heterocycles. The fourth-order valence-corrected chi connectivity index (χ4v) is 4.75. The van der Waals surface area contributed by atoms with Crippen molar-refractivity contribution in [3.05, 3.63) is 34.1 Å². The molecule has 0 amide bonds. The van der Waals surface area contributed by atoms with Crippen LogP contribution < -0.4 is 5.32 Å². The van der Waals surface area contributed by atoms with Gasteiger partial charge in [-0.2, -0.15) is 11.8 Å². The van der Waals surface area contributed by atoms with E-state index in [1.54, 1.807) is 6.07 Å². The number of halogens is 2. The van der Waals surface area contributed by atoms with Crippen LogP contribution in [0.1, 0.15) is 44.6 Å². The molecule has 1 aromatic carbocycles. The van der Waals surface area contributed by atoms with Gasteiger partial charge in [0.2, 0.25) is 0 Å². The van der Waals surface area contributed by atoms with Gasteiger partial charge in [-0.3, -0.25) is 0 Å². The summed E-state index contributed by atoms with van der Waals surface area (Å²) in [5.74, 6) is 0.961. The molecule has 4 heteroatoms. The van der Waals surface area contributed by atoms with E-state index in [0.717, 1.165) is 24.0 Å². The maximum atomic E-state index is 13.3. The lowest BCUT2D eigenvalue weighted by Crippen LogP contribution is -2.34. The van der Waals surface area contributed by atoms with Crippen LogP contribution >= 0.6 is 27.7 Å². The highest BCUT2D eigenvalue weighted by molar-refractivity contribution is 9.10. The van der Waals surface area contributed by atoms with E-state index in [-0.39, 0.29) is 5.82 Å². The maximum absolute atomic E-state index is 13.3. The molecule has 1 atom stereocenters. The highest BCUT2D eigenvalue weighted by Crippen LogP contribution is 2.29. The Kier molecular flexibility index (Phi) is 7.55. The van der Waals surface area contributed by atoms with Gasteiger partial charge in [-0.25, -0.2) is 4.39 Å². The van der Waals surface area contributed by atoms with Crippen LogP contribution in [0.25, 0.3) is 0 Å². The zero-order chi connectivity index (χ0) is 15.1. The first kappa shape index (κ1) is 17.3. The van der Waals surface area contributed by atoms with E-state index in [1.807, 2.05) is 12.1 Å². The van der Waals surface area contributed by atoms with Crippen molar-refractivity contribution in [1.82, 2.24) is 5.32 Å². The van der Waals surface area contributed by atoms with E-state index >= 15 is 0 Å². The second-order valence-corrected chi connectivity index (χ2v) is 7.99. The second kappa shape index (κ2) is 9.16. The summed E-state index contributed by atoms with van der Waals surface area (Å²) < 4.78 is 13.9. The van der Waals surface area contributed by atoms with Crippen LogP contribution in [0.3, 0.4) is 0 Å². The number of nitrogens with one attached hydrogen (secondary N) is 1. The van der Waals surface area contributed by atoms with Crippen LogP contribution in [-0.2, 0) is 6.42 Å². The molecule has 0 spiro atoms. The lowest BCUT2D eigenvalue weighted by atomic mass is 10.0. The number of likely N-dealkylation sites (N-methyl/N-ethyl adjacent to an activating group) is 1. The van der Waals surface area contributed by atoms with Crippen molar-refractivity contribution >= 4 is 27.7 Å². The standard InChI is InChI=1S/C17H25BrFNS/c1-2-20-14(12-21-15-6-4-3-5-7-15)10-13-8-9-17(19)16(18)11-13/h8-9,11,14-15,20H,2-7,10,12H2,1H3. The predicted octanol–water partition coefficient (Wildman–Crippen LogP) is 5.17. The largest absolute Gasteiger partial charge is 0.313 e. The molecule has 1 aliphatic carbocycles. The SMILES string of the molecule is CCNC(CSC1CCCCC1)Cc1ccc(F)c(Br)c1. The van der Waals surface area contributed by atoms with E-state index in [4.69, 9.17) is 0 Å². The number of benzene rings is 1. The third kappa shape index (κ3) is 5.91. The molecule has 0 radical (unpaired) electrons. The number of rotatable bonds is 7. The summed E-state index contributed by atoms with van der Waals surface area (Å²) in [6.45, 7) is 3.14. The average molecular weight is 374 g/mol. The lowest BCUT2D eigenvalue weighted by molar-refractivity contribution is 0.513. The summed E-state index contributed by atoms with van der Waals surface area (Å²) in [5.41, 5.74) is 1.19. The summed E-state index contributed by atoms with van der Waals surface area (Å²) in [6, 6.07) is 5.83. The van der Waals surface area contributed by atoms with Gasteiger partial charge in [-0.05, 0) is 59.4 Å². The summed E-state index contributed by atoms with van der Waals surface area (Å²) in [5, 5.41) is 4.42. The lowest BCUT2D eigenvalue weighted by Gasteiger charge is -2.24. The predicted molar refractivity (Wildman–Crippen MR) is 94.6 cm³/mol. The third-order valence-corrected chi connectivity index (χ3v) is 6.19. The van der Waals surface area contributed by atoms with Gasteiger partial charge in [-0.1, -0.05) is 32.3 Å². The third-order valence-electron chi connectivity index (χ3n) is 4.04. The maximum Gasteiger partial charge on any atom is 0.137 e. The monoisotopic (exact) mass is 373 g/mol. The summed E-state index contributed by atoms with van der Waals surface area (Å²) in [6.07, 6.45) is 7.93. The van der Waals surface area contributed by atoms with Crippen LogP contribution in [0, 0.1) is 5.82 Å². The highest BCUT2D eigenvalue weighted by Gasteiger charge is 2.17. The molecule has 1 saturated carbocycles. The zero-order valence-corrected chi connectivity index (χ0v) is 15.1. The Morgan fingerprint density at radius 2 is 2.10 bits per heavy atom. The molecule has 0 heterocycles. The highest BCUT2D eigenvalue weighted by atomic mass is 79.9. The van der Waals surface area contributed by atoms with Crippen molar-refractivity contribution in [2.75, 3.05) is 12.3 Å². The Labute approximate surface area is 140 Å². The van der Waals surface area contributed by atoms with Crippen molar-refractivity contribution in [3.8, 4) is 0 Å². The molecule has 0 bridgehead atoms. The van der Waals surface area contributed by atoms with Crippen LogP contribution in [0.5, 0.6) is 0 Å². The first-order valence-electron chi connectivity index (χ1n) is 7.98. The Bertz CT molecular complexity index is 435. The molecule has 1 aliphatic rings. The minimum absolute atomic E-state index is 0.185. The van der Waals surface area contributed by atoms with Gasteiger partial charge in [0.05, 0.1) is 4.47 Å². The van der Waals surface area contributed by atoms with E-state index in [2.05, 4.69) is 39.9 Å². The molecular formula is C17H25BrFNS. The zero-order valence-electron chi connectivity index (χ0n) is 12.7. The van der Waals surface area contributed by atoms with Crippen molar-refractivity contribution in [3.63, 3.8) is 0 Å². The van der Waals surface area contributed by atoms with Gasteiger partial charge < -0.3 is 5.32 Å². The second-order valence-electron chi connectivity index (χ2n) is 5.80. The van der Waals surface area contributed by atoms with Gasteiger partial charge in [0.15, 0.2) is 0 Å². The number of hydrogen-bond donors (Lipinski definition) is 1. The van der Waals surface area contributed by atoms with Crippen LogP contribution in [-0.4, -0.2) is 23.6 Å². The Morgan fingerprint density at radius 3 is 2.76 bits per heavy atom. The molecule has 1 aromatic rings. The first-order chi connectivity index (χ1) is 10.2. The van der Waals surface area contributed by atoms with Crippen LogP contribution in [0.2, 0.25) is 0 Å². The minimum Gasteiger partial charge on any atom is -0.313 e. The van der Waals surface area contributed by atoms with Crippen molar-refractivity contribution in [2.45, 2.75) is 56.7 Å². The van der Waals surface area contributed by atoms with E-state index < -0.39 is 0 Å². The molecule has 1 N–H and O–H groups in total. The van der Waals surface area contributed by atoms with Gasteiger partial charge in [-0.15, -0.1) is 0 Å². The van der Waals surface area contributed by atoms with E-state index in [0.29, 0.717) is 10.5 Å². The van der Waals surface area contributed by atoms with Gasteiger partial charge >= 0.3 is 0 Å². The van der Waals surface area contributed by atoms with Gasteiger partial charge in [0, 0.05) is 17.0 Å². The van der Waals surface area contributed by atoms with E-state index in [1.165, 1.54) is 37.7 Å².